The van der Waals surface area contributed by atoms with Gasteiger partial charge in [0.2, 0.25) is 11.8 Å². The molecule has 144 valence electrons. The molecule has 2 heterocycles. The van der Waals surface area contributed by atoms with Crippen molar-refractivity contribution in [3.8, 4) is 5.88 Å². The summed E-state index contributed by atoms with van der Waals surface area (Å²) in [6, 6.07) is 14.3. The number of benzene rings is 1. The van der Waals surface area contributed by atoms with Gasteiger partial charge in [0.1, 0.15) is 0 Å². The van der Waals surface area contributed by atoms with Gasteiger partial charge in [0.25, 0.3) is 0 Å². The van der Waals surface area contributed by atoms with Gasteiger partial charge in [-0.3, -0.25) is 4.79 Å². The van der Waals surface area contributed by atoms with Crippen molar-refractivity contribution < 1.29 is 9.53 Å². The van der Waals surface area contributed by atoms with Crippen molar-refractivity contribution >= 4 is 11.7 Å². The quantitative estimate of drug-likeness (QED) is 0.814. The number of rotatable bonds is 7. The van der Waals surface area contributed by atoms with Gasteiger partial charge in [-0.1, -0.05) is 30.3 Å². The fourth-order valence-electron chi connectivity index (χ4n) is 3.42. The van der Waals surface area contributed by atoms with Crippen LogP contribution in [0, 0.1) is 5.92 Å². The van der Waals surface area contributed by atoms with E-state index < -0.39 is 0 Å². The highest BCUT2D eigenvalue weighted by Gasteiger charge is 2.26. The Hall–Kier alpha value is -2.63. The van der Waals surface area contributed by atoms with Gasteiger partial charge in [0.15, 0.2) is 5.82 Å². The van der Waals surface area contributed by atoms with Crippen molar-refractivity contribution in [3.63, 3.8) is 0 Å². The van der Waals surface area contributed by atoms with E-state index in [-0.39, 0.29) is 17.9 Å². The van der Waals surface area contributed by atoms with Crippen molar-refractivity contribution in [2.24, 2.45) is 5.92 Å². The van der Waals surface area contributed by atoms with Crippen molar-refractivity contribution in [2.75, 3.05) is 25.1 Å². The van der Waals surface area contributed by atoms with E-state index in [4.69, 9.17) is 4.74 Å². The predicted octanol–water partition coefficient (Wildman–Crippen LogP) is 2.84. The summed E-state index contributed by atoms with van der Waals surface area (Å²) in [4.78, 5) is 14.7. The minimum Gasteiger partial charge on any atom is -0.480 e. The van der Waals surface area contributed by atoms with Crippen LogP contribution in [0.3, 0.4) is 0 Å². The molecule has 1 fully saturated rings. The second kappa shape index (κ2) is 9.35. The van der Waals surface area contributed by atoms with Gasteiger partial charge in [0.05, 0.1) is 7.11 Å². The van der Waals surface area contributed by atoms with Gasteiger partial charge in [-0.15, -0.1) is 10.2 Å². The molecule has 1 atom stereocenters. The molecule has 1 saturated heterocycles. The van der Waals surface area contributed by atoms with Gasteiger partial charge >= 0.3 is 0 Å². The molecule has 0 unspecified atom stereocenters. The van der Waals surface area contributed by atoms with Crippen LogP contribution in [0.15, 0.2) is 42.5 Å². The Morgan fingerprint density at radius 2 is 1.93 bits per heavy atom. The van der Waals surface area contributed by atoms with Crippen molar-refractivity contribution in [3.05, 3.63) is 48.0 Å². The fraction of sp³-hybridized carbons (Fsp3) is 0.476. The summed E-state index contributed by atoms with van der Waals surface area (Å²) in [5.41, 5.74) is 1.31. The van der Waals surface area contributed by atoms with Crippen molar-refractivity contribution in [1.29, 1.82) is 0 Å². The molecule has 1 aromatic heterocycles. The fourth-order valence-corrected chi connectivity index (χ4v) is 3.42. The second-order valence-corrected chi connectivity index (χ2v) is 7.13. The number of carbonyl (C=O) groups is 1. The van der Waals surface area contributed by atoms with Gasteiger partial charge in [-0.2, -0.15) is 0 Å². The van der Waals surface area contributed by atoms with Gasteiger partial charge < -0.3 is 15.0 Å². The summed E-state index contributed by atoms with van der Waals surface area (Å²) in [6.45, 7) is 3.72. The van der Waals surface area contributed by atoms with Crippen LogP contribution in [0.25, 0.3) is 0 Å². The maximum absolute atomic E-state index is 12.6. The van der Waals surface area contributed by atoms with E-state index in [2.05, 4.69) is 51.6 Å². The number of nitrogens with one attached hydrogen (secondary N) is 1. The molecule has 2 aromatic rings. The van der Waals surface area contributed by atoms with Crippen LogP contribution < -0.4 is 15.0 Å². The predicted molar refractivity (Wildman–Crippen MR) is 106 cm³/mol. The molecular weight excluding hydrogens is 340 g/mol. The number of anilines is 1. The zero-order valence-electron chi connectivity index (χ0n) is 16.1. The molecule has 0 aliphatic carbocycles. The Balaban J connectivity index is 1.42. The Labute approximate surface area is 160 Å². The first-order valence-electron chi connectivity index (χ1n) is 9.62. The van der Waals surface area contributed by atoms with Crippen molar-refractivity contribution in [1.82, 2.24) is 15.5 Å². The number of amides is 1. The highest BCUT2D eigenvalue weighted by molar-refractivity contribution is 5.79. The molecule has 1 aliphatic rings. The molecule has 0 radical (unpaired) electrons. The zero-order chi connectivity index (χ0) is 19.1. The first-order chi connectivity index (χ1) is 13.2. The molecule has 1 amide bonds. The standard InChI is InChI=1S/C21H28N4O2/c1-16(8-9-17-6-4-3-5-7-17)22-21(26)18-12-14-25(15-13-18)19-10-11-20(27-2)24-23-19/h3-7,10-11,16,18H,8-9,12-15H2,1-2H3,(H,22,26)/t16-/m0/s1. The average molecular weight is 368 g/mol. The zero-order valence-corrected chi connectivity index (χ0v) is 16.1. The number of aryl methyl sites for hydroxylation is 1. The van der Waals surface area contributed by atoms with Gasteiger partial charge in [0, 0.05) is 31.1 Å². The first kappa shape index (κ1) is 19.1. The van der Waals surface area contributed by atoms with E-state index in [0.717, 1.165) is 44.6 Å². The molecule has 6 nitrogen and oxygen atoms in total. The van der Waals surface area contributed by atoms with Crippen LogP contribution in [0.5, 0.6) is 5.88 Å². The molecule has 1 aromatic carbocycles. The minimum absolute atomic E-state index is 0.0756. The van der Waals surface area contributed by atoms with Crippen LogP contribution in [0.4, 0.5) is 5.82 Å². The van der Waals surface area contributed by atoms with Gasteiger partial charge in [-0.05, 0) is 44.2 Å². The SMILES string of the molecule is COc1ccc(N2CCC(C(=O)N[C@@H](C)CCc3ccccc3)CC2)nn1. The number of aromatic nitrogens is 2. The monoisotopic (exact) mass is 368 g/mol. The number of nitrogens with zero attached hydrogens (tertiary/aromatic N) is 3. The number of carbonyl (C=O) groups excluding carboxylic acids is 1. The van der Waals surface area contributed by atoms with E-state index in [1.165, 1.54) is 5.56 Å². The highest BCUT2D eigenvalue weighted by Crippen LogP contribution is 2.22. The maximum atomic E-state index is 12.6. The van der Waals surface area contributed by atoms with E-state index in [0.29, 0.717) is 5.88 Å². The lowest BCUT2D eigenvalue weighted by atomic mass is 9.95. The number of hydrogen-bond acceptors (Lipinski definition) is 5. The van der Waals surface area contributed by atoms with E-state index >= 15 is 0 Å². The summed E-state index contributed by atoms with van der Waals surface area (Å²) in [7, 11) is 1.58. The number of ether oxygens (including phenoxy) is 1. The van der Waals surface area contributed by atoms with Crippen molar-refractivity contribution in [2.45, 2.75) is 38.6 Å². The Morgan fingerprint density at radius 1 is 1.19 bits per heavy atom. The van der Waals surface area contributed by atoms with Crippen LogP contribution in [-0.2, 0) is 11.2 Å². The molecule has 3 rings (SSSR count). The van der Waals surface area contributed by atoms with Gasteiger partial charge in [-0.25, -0.2) is 0 Å². The largest absolute Gasteiger partial charge is 0.480 e. The molecule has 0 saturated carbocycles. The topological polar surface area (TPSA) is 67.3 Å². The van der Waals surface area contributed by atoms with E-state index in [9.17, 15) is 4.79 Å². The first-order valence-corrected chi connectivity index (χ1v) is 9.62. The third-order valence-corrected chi connectivity index (χ3v) is 5.12. The van der Waals surface area contributed by atoms with Crippen LogP contribution >= 0.6 is 0 Å². The van der Waals surface area contributed by atoms with Crippen LogP contribution in [0.2, 0.25) is 0 Å². The Morgan fingerprint density at radius 3 is 2.56 bits per heavy atom. The maximum Gasteiger partial charge on any atom is 0.233 e. The lowest BCUT2D eigenvalue weighted by Crippen LogP contribution is -2.43. The molecular formula is C21H28N4O2. The number of hydrogen-bond donors (Lipinski definition) is 1. The molecule has 6 heteroatoms. The number of methoxy groups -OCH3 is 1. The Kier molecular flexibility index (Phi) is 6.63. The lowest BCUT2D eigenvalue weighted by molar-refractivity contribution is -0.126. The van der Waals surface area contributed by atoms with Crippen LogP contribution in [-0.4, -0.2) is 42.3 Å². The molecule has 0 spiro atoms. The molecule has 1 aliphatic heterocycles. The smallest absolute Gasteiger partial charge is 0.233 e. The average Bonchev–Trinajstić information content (AvgIpc) is 2.73. The third kappa shape index (κ3) is 5.42. The number of piperidine rings is 1. The summed E-state index contributed by atoms with van der Waals surface area (Å²) >= 11 is 0. The molecule has 27 heavy (non-hydrogen) atoms. The van der Waals surface area contributed by atoms with E-state index in [1.54, 1.807) is 7.11 Å². The normalized spacial score (nSPS) is 16.0. The Bertz CT molecular complexity index is 713. The second-order valence-electron chi connectivity index (χ2n) is 7.13. The summed E-state index contributed by atoms with van der Waals surface area (Å²) in [5, 5.41) is 11.4. The summed E-state index contributed by atoms with van der Waals surface area (Å²) in [6.07, 6.45) is 3.61. The van der Waals surface area contributed by atoms with Crippen LogP contribution in [0.1, 0.15) is 31.7 Å². The molecule has 1 N–H and O–H groups in total. The summed E-state index contributed by atoms with van der Waals surface area (Å²) < 4.78 is 5.04. The molecule has 0 bridgehead atoms. The highest BCUT2D eigenvalue weighted by atomic mass is 16.5. The minimum atomic E-state index is 0.0756. The van der Waals surface area contributed by atoms with E-state index in [1.807, 2.05) is 18.2 Å². The third-order valence-electron chi connectivity index (χ3n) is 5.12. The summed E-state index contributed by atoms with van der Waals surface area (Å²) in [5.74, 6) is 1.60. The lowest BCUT2D eigenvalue weighted by Gasteiger charge is -2.32.